The molecule has 1 heterocycles. The zero-order chi connectivity index (χ0) is 9.71. The Morgan fingerprint density at radius 3 is 1.93 bits per heavy atom. The van der Waals surface area contributed by atoms with E-state index >= 15 is 0 Å². The van der Waals surface area contributed by atoms with Gasteiger partial charge in [-0.15, -0.1) is 12.4 Å². The van der Waals surface area contributed by atoms with Gasteiger partial charge in [-0.05, 0) is 41.5 Å². The first kappa shape index (κ1) is 11.5. The highest BCUT2D eigenvalue weighted by molar-refractivity contribution is 6.42. The number of rotatable bonds is 0. The molecule has 0 aromatic heterocycles. The predicted molar refractivity (Wildman–Crippen MR) is 66.7 cm³/mol. The first-order chi connectivity index (χ1) is 6.75. The highest BCUT2D eigenvalue weighted by atomic mass is 35.5. The van der Waals surface area contributed by atoms with Crippen LogP contribution in [-0.2, 0) is 0 Å². The van der Waals surface area contributed by atoms with Gasteiger partial charge in [0, 0.05) is 13.1 Å². The minimum atomic E-state index is 0. The molecule has 82 valence electrons. The Bertz CT molecular complexity index is 357. The van der Waals surface area contributed by atoms with E-state index in [1.54, 1.807) is 0 Å². The van der Waals surface area contributed by atoms with Crippen LogP contribution in [0.4, 0.5) is 0 Å². The molecular formula is C11H12Cl3N. The summed E-state index contributed by atoms with van der Waals surface area (Å²) in [5.41, 5.74) is 2.82. The van der Waals surface area contributed by atoms with E-state index in [1.165, 1.54) is 17.5 Å². The second-order valence-corrected chi connectivity index (χ2v) is 5.00. The van der Waals surface area contributed by atoms with Crippen LogP contribution in [0.3, 0.4) is 0 Å². The van der Waals surface area contributed by atoms with Crippen molar-refractivity contribution in [2.75, 3.05) is 13.1 Å². The molecule has 15 heavy (non-hydrogen) atoms. The van der Waals surface area contributed by atoms with Crippen molar-refractivity contribution in [1.29, 1.82) is 0 Å². The molecule has 0 spiro atoms. The lowest BCUT2D eigenvalue weighted by molar-refractivity contribution is 0.454. The maximum atomic E-state index is 6.03. The molecule has 1 fully saturated rings. The molecule has 2 atom stereocenters. The molecule has 0 saturated carbocycles. The van der Waals surface area contributed by atoms with E-state index < -0.39 is 0 Å². The molecule has 2 unspecified atom stereocenters. The Morgan fingerprint density at radius 1 is 1.00 bits per heavy atom. The van der Waals surface area contributed by atoms with E-state index in [-0.39, 0.29) is 12.4 Å². The van der Waals surface area contributed by atoms with Crippen molar-refractivity contribution in [3.63, 3.8) is 0 Å². The Hall–Kier alpha value is 0.0500. The Balaban J connectivity index is 0.000000853. The third-order valence-corrected chi connectivity index (χ3v) is 4.08. The molecule has 1 aliphatic heterocycles. The molecular weight excluding hydrogens is 252 g/mol. The van der Waals surface area contributed by atoms with Gasteiger partial charge in [-0.3, -0.25) is 0 Å². The lowest BCUT2D eigenvalue weighted by atomic mass is 9.98. The average Bonchev–Trinajstić information content (AvgIpc) is 2.42. The molecule has 1 N–H and O–H groups in total. The van der Waals surface area contributed by atoms with Gasteiger partial charge in [0.15, 0.2) is 0 Å². The highest BCUT2D eigenvalue weighted by Crippen LogP contribution is 2.45. The minimum Gasteiger partial charge on any atom is -0.316 e. The summed E-state index contributed by atoms with van der Waals surface area (Å²) in [5, 5.41) is 4.83. The molecule has 3 rings (SSSR count). The molecule has 1 aromatic rings. The van der Waals surface area contributed by atoms with Crippen LogP contribution in [0.2, 0.25) is 10.0 Å². The second kappa shape index (κ2) is 4.14. The number of fused-ring (bicyclic) bond motifs is 5. The molecule has 1 nitrogen and oxygen atoms in total. The SMILES string of the molecule is Cl.Clc1cc2c(cc1Cl)C1CNCC2C1. The molecule has 1 saturated heterocycles. The van der Waals surface area contributed by atoms with Gasteiger partial charge in [0.05, 0.1) is 10.0 Å². The van der Waals surface area contributed by atoms with Gasteiger partial charge < -0.3 is 5.32 Å². The summed E-state index contributed by atoms with van der Waals surface area (Å²) in [5.74, 6) is 1.30. The van der Waals surface area contributed by atoms with Crippen LogP contribution in [0.15, 0.2) is 12.1 Å². The largest absolute Gasteiger partial charge is 0.316 e. The van der Waals surface area contributed by atoms with Crippen LogP contribution >= 0.6 is 35.6 Å². The lowest BCUT2D eigenvalue weighted by Gasteiger charge is -2.19. The predicted octanol–water partition coefficient (Wildman–Crippen LogP) is 3.59. The second-order valence-electron chi connectivity index (χ2n) is 4.18. The van der Waals surface area contributed by atoms with E-state index in [0.29, 0.717) is 21.9 Å². The van der Waals surface area contributed by atoms with Crippen LogP contribution in [0, 0.1) is 0 Å². The average molecular weight is 265 g/mol. The fourth-order valence-corrected chi connectivity index (χ4v) is 3.04. The number of nitrogens with one attached hydrogen (secondary N) is 1. The maximum absolute atomic E-state index is 6.03. The highest BCUT2D eigenvalue weighted by Gasteiger charge is 2.34. The zero-order valence-corrected chi connectivity index (χ0v) is 10.4. The van der Waals surface area contributed by atoms with Gasteiger partial charge in [0.2, 0.25) is 0 Å². The third-order valence-electron chi connectivity index (χ3n) is 3.36. The van der Waals surface area contributed by atoms with Gasteiger partial charge in [0.25, 0.3) is 0 Å². The van der Waals surface area contributed by atoms with E-state index in [9.17, 15) is 0 Å². The summed E-state index contributed by atoms with van der Waals surface area (Å²) >= 11 is 12.1. The topological polar surface area (TPSA) is 12.0 Å². The summed E-state index contributed by atoms with van der Waals surface area (Å²) in [6.45, 7) is 2.17. The number of hydrogen-bond donors (Lipinski definition) is 1. The number of hydrogen-bond acceptors (Lipinski definition) is 1. The summed E-state index contributed by atoms with van der Waals surface area (Å²) < 4.78 is 0. The van der Waals surface area contributed by atoms with E-state index in [2.05, 4.69) is 17.4 Å². The summed E-state index contributed by atoms with van der Waals surface area (Å²) in [7, 11) is 0. The van der Waals surface area contributed by atoms with E-state index in [0.717, 1.165) is 13.1 Å². The van der Waals surface area contributed by atoms with Crippen molar-refractivity contribution in [1.82, 2.24) is 5.32 Å². The standard InChI is InChI=1S/C11H11Cl2N.ClH/c12-10-2-8-6-1-7(5-14-4-6)9(8)3-11(10)13;/h2-3,6-7,14H,1,4-5H2;1H. The van der Waals surface area contributed by atoms with Gasteiger partial charge in [-0.1, -0.05) is 23.2 Å². The van der Waals surface area contributed by atoms with Crippen LogP contribution < -0.4 is 5.32 Å². The van der Waals surface area contributed by atoms with Crippen molar-refractivity contribution in [2.45, 2.75) is 18.3 Å². The van der Waals surface area contributed by atoms with Gasteiger partial charge in [-0.25, -0.2) is 0 Å². The zero-order valence-electron chi connectivity index (χ0n) is 8.09. The van der Waals surface area contributed by atoms with Gasteiger partial charge in [0.1, 0.15) is 0 Å². The third kappa shape index (κ3) is 1.76. The van der Waals surface area contributed by atoms with Crippen LogP contribution in [0.1, 0.15) is 29.4 Å². The summed E-state index contributed by atoms with van der Waals surface area (Å²) in [4.78, 5) is 0. The number of benzene rings is 1. The quantitative estimate of drug-likeness (QED) is 0.755. The van der Waals surface area contributed by atoms with Crippen LogP contribution in [0.25, 0.3) is 0 Å². The van der Waals surface area contributed by atoms with E-state index in [4.69, 9.17) is 23.2 Å². The molecule has 0 radical (unpaired) electrons. The number of piperidine rings is 1. The molecule has 1 aromatic carbocycles. The Kier molecular flexibility index (Phi) is 3.18. The van der Waals surface area contributed by atoms with Crippen molar-refractivity contribution in [3.8, 4) is 0 Å². The van der Waals surface area contributed by atoms with Crippen molar-refractivity contribution >= 4 is 35.6 Å². The molecule has 1 aliphatic carbocycles. The fraction of sp³-hybridized carbons (Fsp3) is 0.455. The molecule has 2 aliphatic rings. The van der Waals surface area contributed by atoms with Crippen molar-refractivity contribution in [2.24, 2.45) is 0 Å². The van der Waals surface area contributed by atoms with Crippen LogP contribution in [0.5, 0.6) is 0 Å². The first-order valence-electron chi connectivity index (χ1n) is 4.95. The molecule has 4 heteroatoms. The Labute approximate surface area is 106 Å². The lowest BCUT2D eigenvalue weighted by Crippen LogP contribution is -2.28. The fourth-order valence-electron chi connectivity index (χ4n) is 2.70. The first-order valence-corrected chi connectivity index (χ1v) is 5.71. The minimum absolute atomic E-state index is 0. The van der Waals surface area contributed by atoms with Gasteiger partial charge in [-0.2, -0.15) is 0 Å². The van der Waals surface area contributed by atoms with E-state index in [1.807, 2.05) is 0 Å². The normalized spacial score (nSPS) is 27.1. The number of halogens is 3. The summed E-state index contributed by atoms with van der Waals surface area (Å²) in [6.07, 6.45) is 1.26. The monoisotopic (exact) mass is 263 g/mol. The van der Waals surface area contributed by atoms with Crippen LogP contribution in [-0.4, -0.2) is 13.1 Å². The Morgan fingerprint density at radius 2 is 1.47 bits per heavy atom. The van der Waals surface area contributed by atoms with Gasteiger partial charge >= 0.3 is 0 Å². The molecule has 0 amide bonds. The smallest absolute Gasteiger partial charge is 0.0595 e. The van der Waals surface area contributed by atoms with Crippen molar-refractivity contribution < 1.29 is 0 Å². The van der Waals surface area contributed by atoms with Crippen molar-refractivity contribution in [3.05, 3.63) is 33.3 Å². The maximum Gasteiger partial charge on any atom is 0.0595 e. The molecule has 2 bridgehead atoms. The summed E-state index contributed by atoms with van der Waals surface area (Å²) in [6, 6.07) is 4.10.